The third kappa shape index (κ3) is 2.62. The number of morpholine rings is 1. The first-order valence-electron chi connectivity index (χ1n) is 7.77. The van der Waals surface area contributed by atoms with E-state index in [0.29, 0.717) is 13.2 Å². The van der Waals surface area contributed by atoms with E-state index in [-0.39, 0.29) is 11.3 Å². The van der Waals surface area contributed by atoms with Gasteiger partial charge in [-0.2, -0.15) is 0 Å². The molecule has 1 aliphatic carbocycles. The smallest absolute Gasteiger partial charge is 0.186 e. The van der Waals surface area contributed by atoms with Gasteiger partial charge in [-0.1, -0.05) is 24.5 Å². The largest absolute Gasteiger partial charge is 0.379 e. The Hall–Kier alpha value is -1.26. The molecule has 0 radical (unpaired) electrons. The number of aryl methyl sites for hydroxylation is 1. The summed E-state index contributed by atoms with van der Waals surface area (Å²) in [5, 5.41) is 0. The highest BCUT2D eigenvalue weighted by molar-refractivity contribution is 6.03. The summed E-state index contributed by atoms with van der Waals surface area (Å²) in [6, 6.07) is 4.81. The molecule has 0 amide bonds. The fourth-order valence-electron chi connectivity index (χ4n) is 3.70. The summed E-state index contributed by atoms with van der Waals surface area (Å²) in [6.45, 7) is 4.74. The maximum atomic E-state index is 14.1. The third-order valence-electron chi connectivity index (χ3n) is 4.84. The van der Waals surface area contributed by atoms with Gasteiger partial charge in [0.25, 0.3) is 0 Å². The van der Waals surface area contributed by atoms with Crippen molar-refractivity contribution in [1.29, 1.82) is 0 Å². The van der Waals surface area contributed by atoms with E-state index in [9.17, 15) is 9.18 Å². The van der Waals surface area contributed by atoms with E-state index in [4.69, 9.17) is 4.74 Å². The first kappa shape index (κ1) is 14.7. The van der Waals surface area contributed by atoms with Crippen LogP contribution in [-0.2, 0) is 4.74 Å². The summed E-state index contributed by atoms with van der Waals surface area (Å²) >= 11 is 0. The first-order chi connectivity index (χ1) is 10.1. The predicted octanol–water partition coefficient (Wildman–Crippen LogP) is 2.96. The second-order valence-electron chi connectivity index (χ2n) is 6.15. The molecule has 0 bridgehead atoms. The van der Waals surface area contributed by atoms with Crippen LogP contribution in [0.3, 0.4) is 0 Å². The molecule has 0 spiro atoms. The number of ketones is 1. The summed E-state index contributed by atoms with van der Waals surface area (Å²) in [5.41, 5.74) is 0.663. The van der Waals surface area contributed by atoms with Crippen molar-refractivity contribution in [2.45, 2.75) is 38.1 Å². The SMILES string of the molecule is Cc1ccc(F)c(C(=O)C2(N3CCOCC3)CCCC2)c1. The van der Waals surface area contributed by atoms with Gasteiger partial charge < -0.3 is 4.74 Å². The van der Waals surface area contributed by atoms with Crippen molar-refractivity contribution in [3.8, 4) is 0 Å². The van der Waals surface area contributed by atoms with Crippen molar-refractivity contribution in [3.05, 3.63) is 35.1 Å². The molecule has 1 saturated heterocycles. The van der Waals surface area contributed by atoms with Crippen molar-refractivity contribution >= 4 is 5.78 Å². The van der Waals surface area contributed by atoms with E-state index in [1.165, 1.54) is 6.07 Å². The Morgan fingerprint density at radius 2 is 1.90 bits per heavy atom. The van der Waals surface area contributed by atoms with Gasteiger partial charge in [0.05, 0.1) is 24.3 Å². The lowest BCUT2D eigenvalue weighted by Gasteiger charge is -2.42. The molecule has 3 rings (SSSR count). The number of nitrogens with zero attached hydrogens (tertiary/aromatic N) is 1. The molecule has 3 nitrogen and oxygen atoms in total. The maximum absolute atomic E-state index is 14.1. The Balaban J connectivity index is 1.96. The van der Waals surface area contributed by atoms with Crippen LogP contribution in [0.15, 0.2) is 18.2 Å². The van der Waals surface area contributed by atoms with Crippen LogP contribution in [0.2, 0.25) is 0 Å². The quantitative estimate of drug-likeness (QED) is 0.802. The van der Waals surface area contributed by atoms with Crippen LogP contribution < -0.4 is 0 Å². The van der Waals surface area contributed by atoms with Crippen LogP contribution in [0.4, 0.5) is 4.39 Å². The molecule has 1 aromatic carbocycles. The zero-order chi connectivity index (χ0) is 14.9. The van der Waals surface area contributed by atoms with Gasteiger partial charge in [-0.3, -0.25) is 9.69 Å². The second kappa shape index (κ2) is 5.85. The summed E-state index contributed by atoms with van der Waals surface area (Å²) in [7, 11) is 0. The zero-order valence-electron chi connectivity index (χ0n) is 12.5. The number of Topliss-reactive ketones (excluding diaryl/α,β-unsaturated/α-hetero) is 1. The highest BCUT2D eigenvalue weighted by Gasteiger charge is 2.47. The molecular formula is C17H22FNO2. The molecule has 1 heterocycles. The monoisotopic (exact) mass is 291 g/mol. The van der Waals surface area contributed by atoms with Crippen molar-refractivity contribution < 1.29 is 13.9 Å². The molecule has 2 aliphatic rings. The zero-order valence-corrected chi connectivity index (χ0v) is 12.5. The number of ether oxygens (including phenoxy) is 1. The van der Waals surface area contributed by atoms with Crippen molar-refractivity contribution in [3.63, 3.8) is 0 Å². The van der Waals surface area contributed by atoms with E-state index < -0.39 is 11.4 Å². The van der Waals surface area contributed by atoms with Crippen LogP contribution >= 0.6 is 0 Å². The Morgan fingerprint density at radius 1 is 1.24 bits per heavy atom. The number of carbonyl (C=O) groups excluding carboxylic acids is 1. The molecule has 2 fully saturated rings. The summed E-state index contributed by atoms with van der Waals surface area (Å²) in [5.74, 6) is -0.437. The van der Waals surface area contributed by atoms with Crippen molar-refractivity contribution in [2.75, 3.05) is 26.3 Å². The van der Waals surface area contributed by atoms with E-state index in [2.05, 4.69) is 4.90 Å². The van der Waals surface area contributed by atoms with Crippen molar-refractivity contribution in [2.24, 2.45) is 0 Å². The molecular weight excluding hydrogens is 269 g/mol. The van der Waals surface area contributed by atoms with Gasteiger partial charge in [-0.15, -0.1) is 0 Å². The lowest BCUT2D eigenvalue weighted by atomic mass is 9.84. The van der Waals surface area contributed by atoms with E-state index in [0.717, 1.165) is 44.3 Å². The van der Waals surface area contributed by atoms with E-state index in [1.54, 1.807) is 12.1 Å². The Bertz CT molecular complexity index is 532. The lowest BCUT2D eigenvalue weighted by molar-refractivity contribution is -0.0131. The minimum Gasteiger partial charge on any atom is -0.379 e. The molecule has 1 aliphatic heterocycles. The summed E-state index contributed by atoms with van der Waals surface area (Å²) in [4.78, 5) is 15.3. The van der Waals surface area contributed by atoms with Crippen LogP contribution in [-0.4, -0.2) is 42.5 Å². The second-order valence-corrected chi connectivity index (χ2v) is 6.15. The van der Waals surface area contributed by atoms with Gasteiger partial charge in [0.2, 0.25) is 0 Å². The number of hydrogen-bond acceptors (Lipinski definition) is 3. The number of halogens is 1. The molecule has 1 aromatic rings. The summed E-state index contributed by atoms with van der Waals surface area (Å²) < 4.78 is 19.6. The van der Waals surface area contributed by atoms with Gasteiger partial charge >= 0.3 is 0 Å². The minimum absolute atomic E-state index is 0.0388. The van der Waals surface area contributed by atoms with Gasteiger partial charge in [0.1, 0.15) is 5.82 Å². The number of hydrogen-bond donors (Lipinski definition) is 0. The first-order valence-corrected chi connectivity index (χ1v) is 7.77. The minimum atomic E-state index is -0.515. The van der Waals surface area contributed by atoms with E-state index >= 15 is 0 Å². The fourth-order valence-corrected chi connectivity index (χ4v) is 3.70. The predicted molar refractivity (Wildman–Crippen MR) is 79.1 cm³/mol. The van der Waals surface area contributed by atoms with Gasteiger partial charge in [0.15, 0.2) is 5.78 Å². The van der Waals surface area contributed by atoms with E-state index in [1.807, 2.05) is 6.92 Å². The average molecular weight is 291 g/mol. The molecule has 114 valence electrons. The molecule has 0 atom stereocenters. The van der Waals surface area contributed by atoms with Crippen LogP contribution in [0, 0.1) is 12.7 Å². The number of rotatable bonds is 3. The third-order valence-corrected chi connectivity index (χ3v) is 4.84. The molecule has 0 N–H and O–H groups in total. The number of benzene rings is 1. The molecule has 0 aromatic heterocycles. The Kier molecular flexibility index (Phi) is 4.09. The van der Waals surface area contributed by atoms with Gasteiger partial charge in [-0.25, -0.2) is 4.39 Å². The van der Waals surface area contributed by atoms with Crippen LogP contribution in [0.5, 0.6) is 0 Å². The van der Waals surface area contributed by atoms with Crippen LogP contribution in [0.25, 0.3) is 0 Å². The fraction of sp³-hybridized carbons (Fsp3) is 0.588. The maximum Gasteiger partial charge on any atom is 0.186 e. The highest BCUT2D eigenvalue weighted by Crippen LogP contribution is 2.39. The molecule has 0 unspecified atom stereocenters. The highest BCUT2D eigenvalue weighted by atomic mass is 19.1. The van der Waals surface area contributed by atoms with Gasteiger partial charge in [-0.05, 0) is 31.9 Å². The standard InChI is InChI=1S/C17H22FNO2/c1-13-4-5-15(18)14(12-13)16(20)17(6-2-3-7-17)19-8-10-21-11-9-19/h4-5,12H,2-3,6-11H2,1H3. The normalized spacial score (nSPS) is 22.4. The Labute approximate surface area is 125 Å². The topological polar surface area (TPSA) is 29.5 Å². The molecule has 21 heavy (non-hydrogen) atoms. The van der Waals surface area contributed by atoms with Crippen LogP contribution in [0.1, 0.15) is 41.6 Å². The number of carbonyl (C=O) groups is 1. The average Bonchev–Trinajstić information content (AvgIpc) is 3.01. The molecule has 4 heteroatoms. The van der Waals surface area contributed by atoms with Crippen molar-refractivity contribution in [1.82, 2.24) is 4.90 Å². The Morgan fingerprint density at radius 3 is 2.57 bits per heavy atom. The summed E-state index contributed by atoms with van der Waals surface area (Å²) in [6.07, 6.45) is 3.74. The molecule has 1 saturated carbocycles. The lowest BCUT2D eigenvalue weighted by Crippen LogP contribution is -2.56. The van der Waals surface area contributed by atoms with Gasteiger partial charge in [0, 0.05) is 13.1 Å².